The number of rotatable bonds is 4. The Balaban J connectivity index is 2.00. The lowest BCUT2D eigenvalue weighted by atomic mass is 10.1. The molecule has 1 amide bonds. The third kappa shape index (κ3) is 3.28. The second-order valence-corrected chi connectivity index (χ2v) is 6.39. The molecule has 0 aliphatic rings. The van der Waals surface area contributed by atoms with E-state index >= 15 is 0 Å². The van der Waals surface area contributed by atoms with Crippen LogP contribution in [0.2, 0.25) is 5.02 Å². The molecule has 0 spiro atoms. The van der Waals surface area contributed by atoms with Crippen LogP contribution in [0.25, 0.3) is 21.3 Å². The molecule has 0 saturated carbocycles. The average Bonchev–Trinajstić information content (AvgIpc) is 2.98. The van der Waals surface area contributed by atoms with E-state index in [0.29, 0.717) is 10.9 Å². The van der Waals surface area contributed by atoms with Crippen molar-refractivity contribution in [3.63, 3.8) is 0 Å². The third-order valence-corrected chi connectivity index (χ3v) is 4.46. The van der Waals surface area contributed by atoms with Gasteiger partial charge in [-0.25, -0.2) is 9.97 Å². The minimum Gasteiger partial charge on any atom is -0.467 e. The van der Waals surface area contributed by atoms with Crippen LogP contribution in [0.15, 0.2) is 36.0 Å². The van der Waals surface area contributed by atoms with Gasteiger partial charge >= 0.3 is 0 Å². The zero-order valence-electron chi connectivity index (χ0n) is 12.6. The molecule has 2 heterocycles. The summed E-state index contributed by atoms with van der Waals surface area (Å²) in [5.74, 6) is 0.288. The van der Waals surface area contributed by atoms with Crippen molar-refractivity contribution < 1.29 is 9.53 Å². The molecule has 3 rings (SSSR count). The van der Waals surface area contributed by atoms with Crippen molar-refractivity contribution in [1.29, 1.82) is 0 Å². The molecule has 0 N–H and O–H groups in total. The second kappa shape index (κ2) is 6.52. The zero-order chi connectivity index (χ0) is 16.4. The van der Waals surface area contributed by atoms with Crippen LogP contribution >= 0.6 is 22.9 Å². The number of benzene rings is 1. The highest BCUT2D eigenvalue weighted by atomic mass is 35.5. The Morgan fingerprint density at radius 2 is 2.00 bits per heavy atom. The fourth-order valence-electron chi connectivity index (χ4n) is 2.06. The Morgan fingerprint density at radius 1 is 1.26 bits per heavy atom. The molecule has 1 aromatic carbocycles. The van der Waals surface area contributed by atoms with E-state index in [1.54, 1.807) is 14.1 Å². The van der Waals surface area contributed by atoms with Gasteiger partial charge in [0.05, 0.1) is 5.39 Å². The SMILES string of the molecule is CN(C)C(=O)COc1ncnc2scc(-c3ccc(Cl)cc3)c12. The summed E-state index contributed by atoms with van der Waals surface area (Å²) in [6, 6.07) is 7.54. The van der Waals surface area contributed by atoms with Crippen molar-refractivity contribution in [3.8, 4) is 17.0 Å². The van der Waals surface area contributed by atoms with E-state index in [0.717, 1.165) is 21.3 Å². The number of thiophene rings is 1. The number of aromatic nitrogens is 2. The maximum Gasteiger partial charge on any atom is 0.260 e. The van der Waals surface area contributed by atoms with E-state index in [1.807, 2.05) is 29.6 Å². The molecule has 0 aliphatic carbocycles. The van der Waals surface area contributed by atoms with Gasteiger partial charge in [-0.1, -0.05) is 23.7 Å². The highest BCUT2D eigenvalue weighted by Gasteiger charge is 2.15. The summed E-state index contributed by atoms with van der Waals surface area (Å²) in [6.07, 6.45) is 1.44. The summed E-state index contributed by atoms with van der Waals surface area (Å²) in [5.41, 5.74) is 1.97. The monoisotopic (exact) mass is 347 g/mol. The molecule has 0 atom stereocenters. The molecule has 0 bridgehead atoms. The Morgan fingerprint density at radius 3 is 2.70 bits per heavy atom. The zero-order valence-corrected chi connectivity index (χ0v) is 14.2. The molecule has 5 nitrogen and oxygen atoms in total. The molecule has 0 saturated heterocycles. The molecular formula is C16H14ClN3O2S. The number of nitrogens with zero attached hydrogens (tertiary/aromatic N) is 3. The number of hydrogen-bond acceptors (Lipinski definition) is 5. The van der Waals surface area contributed by atoms with Crippen LogP contribution < -0.4 is 4.74 Å². The summed E-state index contributed by atoms with van der Waals surface area (Å²) in [7, 11) is 3.37. The van der Waals surface area contributed by atoms with Crippen molar-refractivity contribution in [2.45, 2.75) is 0 Å². The fourth-order valence-corrected chi connectivity index (χ4v) is 3.09. The molecule has 0 aliphatic heterocycles. The van der Waals surface area contributed by atoms with Crippen molar-refractivity contribution in [3.05, 3.63) is 41.0 Å². The Kier molecular flexibility index (Phi) is 4.45. The lowest BCUT2D eigenvalue weighted by Crippen LogP contribution is -2.27. The molecule has 0 unspecified atom stereocenters. The average molecular weight is 348 g/mol. The van der Waals surface area contributed by atoms with Gasteiger partial charge in [-0.2, -0.15) is 0 Å². The number of likely N-dealkylation sites (N-methyl/N-ethyl adjacent to an activating group) is 1. The predicted octanol–water partition coefficient (Wildman–Crippen LogP) is 3.48. The van der Waals surface area contributed by atoms with Crippen LogP contribution in [0.4, 0.5) is 0 Å². The van der Waals surface area contributed by atoms with Gasteiger partial charge in [0.1, 0.15) is 11.2 Å². The van der Waals surface area contributed by atoms with Crippen molar-refractivity contribution in [2.75, 3.05) is 20.7 Å². The summed E-state index contributed by atoms with van der Waals surface area (Å²) < 4.78 is 5.62. The van der Waals surface area contributed by atoms with Crippen LogP contribution in [-0.2, 0) is 4.79 Å². The summed E-state index contributed by atoms with van der Waals surface area (Å²) in [6.45, 7) is -0.0605. The maximum atomic E-state index is 11.7. The normalized spacial score (nSPS) is 10.7. The number of halogens is 1. The first-order valence-electron chi connectivity index (χ1n) is 6.87. The highest BCUT2D eigenvalue weighted by molar-refractivity contribution is 7.17. The van der Waals surface area contributed by atoms with E-state index in [1.165, 1.54) is 22.6 Å². The molecule has 2 aromatic heterocycles. The lowest BCUT2D eigenvalue weighted by molar-refractivity contribution is -0.130. The fraction of sp³-hybridized carbons (Fsp3) is 0.188. The first kappa shape index (κ1) is 15.7. The Hall–Kier alpha value is -2.18. The van der Waals surface area contributed by atoms with Gasteiger partial charge in [0.2, 0.25) is 5.88 Å². The number of amides is 1. The molecule has 118 valence electrons. The Bertz CT molecular complexity index is 846. The highest BCUT2D eigenvalue weighted by Crippen LogP contribution is 2.37. The van der Waals surface area contributed by atoms with Gasteiger partial charge in [0, 0.05) is 30.1 Å². The summed E-state index contributed by atoms with van der Waals surface area (Å²) in [4.78, 5) is 22.5. The van der Waals surface area contributed by atoms with Crippen LogP contribution in [0.5, 0.6) is 5.88 Å². The summed E-state index contributed by atoms with van der Waals surface area (Å²) >= 11 is 7.46. The maximum absolute atomic E-state index is 11.7. The summed E-state index contributed by atoms with van der Waals surface area (Å²) in [5, 5.41) is 3.49. The second-order valence-electron chi connectivity index (χ2n) is 5.09. The Labute approximate surface area is 142 Å². The smallest absolute Gasteiger partial charge is 0.260 e. The molecule has 0 radical (unpaired) electrons. The van der Waals surface area contributed by atoms with E-state index in [2.05, 4.69) is 9.97 Å². The number of carbonyl (C=O) groups is 1. The van der Waals surface area contributed by atoms with E-state index in [9.17, 15) is 4.79 Å². The van der Waals surface area contributed by atoms with E-state index < -0.39 is 0 Å². The third-order valence-electron chi connectivity index (χ3n) is 3.32. The molecule has 23 heavy (non-hydrogen) atoms. The largest absolute Gasteiger partial charge is 0.467 e. The van der Waals surface area contributed by atoms with Gasteiger partial charge in [0.25, 0.3) is 5.91 Å². The number of carbonyl (C=O) groups excluding carboxylic acids is 1. The first-order valence-corrected chi connectivity index (χ1v) is 8.13. The minimum atomic E-state index is -0.125. The number of ether oxygens (including phenoxy) is 1. The number of fused-ring (bicyclic) bond motifs is 1. The molecule has 3 aromatic rings. The van der Waals surface area contributed by atoms with Gasteiger partial charge in [-0.3, -0.25) is 4.79 Å². The molecule has 7 heteroatoms. The van der Waals surface area contributed by atoms with E-state index in [-0.39, 0.29) is 12.5 Å². The van der Waals surface area contributed by atoms with Gasteiger partial charge in [-0.15, -0.1) is 11.3 Å². The van der Waals surface area contributed by atoms with Crippen LogP contribution in [0.3, 0.4) is 0 Å². The minimum absolute atomic E-state index is 0.0605. The number of hydrogen-bond donors (Lipinski definition) is 0. The lowest BCUT2D eigenvalue weighted by Gasteiger charge is -2.11. The predicted molar refractivity (Wildman–Crippen MR) is 92.1 cm³/mol. The first-order chi connectivity index (χ1) is 11.1. The molecular weight excluding hydrogens is 334 g/mol. The van der Waals surface area contributed by atoms with Crippen LogP contribution in [0.1, 0.15) is 0 Å². The van der Waals surface area contributed by atoms with Gasteiger partial charge in [-0.05, 0) is 17.7 Å². The van der Waals surface area contributed by atoms with Crippen molar-refractivity contribution in [2.24, 2.45) is 0 Å². The van der Waals surface area contributed by atoms with Crippen molar-refractivity contribution in [1.82, 2.24) is 14.9 Å². The van der Waals surface area contributed by atoms with Gasteiger partial charge in [0.15, 0.2) is 6.61 Å². The van der Waals surface area contributed by atoms with Crippen LogP contribution in [-0.4, -0.2) is 41.5 Å². The van der Waals surface area contributed by atoms with Crippen LogP contribution in [0, 0.1) is 0 Å². The van der Waals surface area contributed by atoms with Crippen molar-refractivity contribution >= 4 is 39.1 Å². The van der Waals surface area contributed by atoms with E-state index in [4.69, 9.17) is 16.3 Å². The standard InChI is InChI=1S/C16H14ClN3O2S/c1-20(2)13(21)7-22-15-14-12(8-23-16(14)19-9-18-15)10-3-5-11(17)6-4-10/h3-6,8-9H,7H2,1-2H3. The topological polar surface area (TPSA) is 55.3 Å². The molecule has 0 fully saturated rings. The van der Waals surface area contributed by atoms with Gasteiger partial charge < -0.3 is 9.64 Å². The quantitative estimate of drug-likeness (QED) is 0.725.